The highest BCUT2D eigenvalue weighted by Gasteiger charge is 2.18. The summed E-state index contributed by atoms with van der Waals surface area (Å²) in [6.45, 7) is 0. The summed E-state index contributed by atoms with van der Waals surface area (Å²) in [5, 5.41) is 2.50. The number of nitrogens with one attached hydrogen (secondary N) is 3. The summed E-state index contributed by atoms with van der Waals surface area (Å²) < 4.78 is 0.862. The van der Waals surface area contributed by atoms with Gasteiger partial charge in [-0.1, -0.05) is 34.1 Å². The minimum atomic E-state index is -0.752. The zero-order valence-corrected chi connectivity index (χ0v) is 14.6. The number of primary amides is 1. The molecule has 1 atom stereocenters. The van der Waals surface area contributed by atoms with Crippen molar-refractivity contribution in [1.82, 2.24) is 21.2 Å². The van der Waals surface area contributed by atoms with Crippen LogP contribution in [0.3, 0.4) is 0 Å². The van der Waals surface area contributed by atoms with Gasteiger partial charge in [0.1, 0.15) is 5.69 Å². The van der Waals surface area contributed by atoms with Crippen LogP contribution in [0.15, 0.2) is 53.1 Å². The summed E-state index contributed by atoms with van der Waals surface area (Å²) >= 11 is 3.31. The third-order valence-corrected chi connectivity index (χ3v) is 3.72. The Labute approximate surface area is 152 Å². The Balaban J connectivity index is 1.96. The molecule has 0 aliphatic heterocycles. The lowest BCUT2D eigenvalue weighted by molar-refractivity contribution is -0.122. The van der Waals surface area contributed by atoms with Crippen LogP contribution in [0.2, 0.25) is 0 Å². The molecule has 4 amide bonds. The van der Waals surface area contributed by atoms with Gasteiger partial charge >= 0.3 is 6.03 Å². The molecule has 25 heavy (non-hydrogen) atoms. The van der Waals surface area contributed by atoms with Gasteiger partial charge in [-0.2, -0.15) is 0 Å². The maximum Gasteiger partial charge on any atom is 0.312 e. The number of urea groups is 1. The highest BCUT2D eigenvalue weighted by Crippen LogP contribution is 2.19. The van der Waals surface area contributed by atoms with E-state index in [4.69, 9.17) is 5.73 Å². The molecule has 0 unspecified atom stereocenters. The molecule has 1 aromatic heterocycles. The molecular formula is C16H16BrN5O3. The number of benzene rings is 1. The zero-order chi connectivity index (χ0) is 18.2. The molecule has 0 saturated carbocycles. The highest BCUT2D eigenvalue weighted by molar-refractivity contribution is 9.10. The maximum absolute atomic E-state index is 12.1. The fourth-order valence-corrected chi connectivity index (χ4v) is 2.31. The number of nitrogens with two attached hydrogens (primary N) is 1. The molecule has 0 aliphatic rings. The zero-order valence-electron chi connectivity index (χ0n) is 13.0. The standard InChI is InChI=1S/C16H16BrN5O3/c17-11-6-4-10(5-7-11)13(20-16(18)25)9-14(23)21-22-15(24)12-3-1-2-8-19-12/h1-8,13H,9H2,(H,21,23)(H,22,24)(H3,18,20,25)/t13-/m1/s1. The maximum atomic E-state index is 12.1. The van der Waals surface area contributed by atoms with E-state index in [0.29, 0.717) is 5.56 Å². The quantitative estimate of drug-likeness (QED) is 0.560. The minimum Gasteiger partial charge on any atom is -0.352 e. The van der Waals surface area contributed by atoms with E-state index in [-0.39, 0.29) is 12.1 Å². The van der Waals surface area contributed by atoms with Gasteiger partial charge in [0.05, 0.1) is 12.5 Å². The van der Waals surface area contributed by atoms with Crippen LogP contribution >= 0.6 is 15.9 Å². The number of amides is 4. The van der Waals surface area contributed by atoms with Crippen LogP contribution in [0.4, 0.5) is 4.79 Å². The van der Waals surface area contributed by atoms with E-state index in [0.717, 1.165) is 4.47 Å². The lowest BCUT2D eigenvalue weighted by atomic mass is 10.0. The van der Waals surface area contributed by atoms with Gasteiger partial charge in [0, 0.05) is 10.7 Å². The summed E-state index contributed by atoms with van der Waals surface area (Å²) in [6, 6.07) is 10.5. The van der Waals surface area contributed by atoms with Crippen molar-refractivity contribution in [2.45, 2.75) is 12.5 Å². The molecule has 0 saturated heterocycles. The number of aromatic nitrogens is 1. The van der Waals surface area contributed by atoms with E-state index in [1.165, 1.54) is 12.3 Å². The van der Waals surface area contributed by atoms with Crippen molar-refractivity contribution in [1.29, 1.82) is 0 Å². The topological polar surface area (TPSA) is 126 Å². The average molecular weight is 406 g/mol. The Bertz CT molecular complexity index is 752. The number of carbonyl (C=O) groups excluding carboxylic acids is 3. The van der Waals surface area contributed by atoms with Gasteiger partial charge in [-0.15, -0.1) is 0 Å². The second kappa shape index (κ2) is 8.78. The second-order valence-electron chi connectivity index (χ2n) is 5.03. The number of halogens is 1. The predicted octanol–water partition coefficient (Wildman–Crippen LogP) is 1.40. The van der Waals surface area contributed by atoms with E-state index in [1.807, 2.05) is 0 Å². The van der Waals surface area contributed by atoms with E-state index >= 15 is 0 Å². The summed E-state index contributed by atoms with van der Waals surface area (Å²) in [7, 11) is 0. The van der Waals surface area contributed by atoms with Crippen molar-refractivity contribution in [2.75, 3.05) is 0 Å². The molecule has 1 heterocycles. The summed E-state index contributed by atoms with van der Waals surface area (Å²) in [5.74, 6) is -1.04. The smallest absolute Gasteiger partial charge is 0.312 e. The number of hydrogen-bond acceptors (Lipinski definition) is 4. The number of nitrogens with zero attached hydrogens (tertiary/aromatic N) is 1. The van der Waals surface area contributed by atoms with E-state index < -0.39 is 23.9 Å². The fourth-order valence-electron chi connectivity index (χ4n) is 2.04. The third kappa shape index (κ3) is 5.88. The van der Waals surface area contributed by atoms with Gasteiger partial charge in [-0.25, -0.2) is 4.79 Å². The normalized spacial score (nSPS) is 11.2. The molecule has 0 spiro atoms. The van der Waals surface area contributed by atoms with Gasteiger partial charge < -0.3 is 11.1 Å². The van der Waals surface area contributed by atoms with Gasteiger partial charge in [0.15, 0.2) is 0 Å². The Hall–Kier alpha value is -2.94. The molecular weight excluding hydrogens is 390 g/mol. The van der Waals surface area contributed by atoms with Crippen molar-refractivity contribution in [3.63, 3.8) is 0 Å². The van der Waals surface area contributed by atoms with Gasteiger partial charge in [-0.05, 0) is 29.8 Å². The van der Waals surface area contributed by atoms with Crippen LogP contribution in [0.5, 0.6) is 0 Å². The van der Waals surface area contributed by atoms with Gasteiger partial charge in [0.2, 0.25) is 5.91 Å². The molecule has 9 heteroatoms. The lowest BCUT2D eigenvalue weighted by Crippen LogP contribution is -2.44. The molecule has 0 aliphatic carbocycles. The number of hydrazine groups is 1. The molecule has 2 aromatic rings. The van der Waals surface area contributed by atoms with Crippen molar-refractivity contribution in [2.24, 2.45) is 5.73 Å². The Morgan fingerprint density at radius 1 is 1.08 bits per heavy atom. The number of pyridine rings is 1. The van der Waals surface area contributed by atoms with Crippen molar-refractivity contribution in [3.05, 3.63) is 64.4 Å². The van der Waals surface area contributed by atoms with Crippen LogP contribution in [0.25, 0.3) is 0 Å². The lowest BCUT2D eigenvalue weighted by Gasteiger charge is -2.18. The van der Waals surface area contributed by atoms with Crippen molar-refractivity contribution in [3.8, 4) is 0 Å². The van der Waals surface area contributed by atoms with Gasteiger partial charge in [0.25, 0.3) is 5.91 Å². The van der Waals surface area contributed by atoms with Crippen molar-refractivity contribution >= 4 is 33.8 Å². The molecule has 8 nitrogen and oxygen atoms in total. The average Bonchev–Trinajstić information content (AvgIpc) is 2.60. The van der Waals surface area contributed by atoms with E-state index in [2.05, 4.69) is 37.1 Å². The van der Waals surface area contributed by atoms with Gasteiger partial charge in [-0.3, -0.25) is 25.4 Å². The Morgan fingerprint density at radius 2 is 1.80 bits per heavy atom. The fraction of sp³-hybridized carbons (Fsp3) is 0.125. The minimum absolute atomic E-state index is 0.104. The van der Waals surface area contributed by atoms with Crippen LogP contribution < -0.4 is 21.9 Å². The summed E-state index contributed by atoms with van der Waals surface area (Å²) in [4.78, 5) is 38.9. The molecule has 1 aromatic carbocycles. The van der Waals surface area contributed by atoms with Crippen molar-refractivity contribution < 1.29 is 14.4 Å². The second-order valence-corrected chi connectivity index (χ2v) is 5.95. The first-order valence-electron chi connectivity index (χ1n) is 7.27. The molecule has 0 radical (unpaired) electrons. The van der Waals surface area contributed by atoms with Crippen LogP contribution in [-0.2, 0) is 4.79 Å². The van der Waals surface area contributed by atoms with Crippen LogP contribution in [0.1, 0.15) is 28.5 Å². The SMILES string of the molecule is NC(=O)N[C@H](CC(=O)NNC(=O)c1ccccn1)c1ccc(Br)cc1. The first-order chi connectivity index (χ1) is 12.0. The highest BCUT2D eigenvalue weighted by atomic mass is 79.9. The molecule has 5 N–H and O–H groups in total. The number of carbonyl (C=O) groups is 3. The predicted molar refractivity (Wildman–Crippen MR) is 94.1 cm³/mol. The van der Waals surface area contributed by atoms with E-state index in [1.54, 1.807) is 36.4 Å². The third-order valence-electron chi connectivity index (χ3n) is 3.19. The molecule has 2 rings (SSSR count). The monoisotopic (exact) mass is 405 g/mol. The van der Waals surface area contributed by atoms with Crippen LogP contribution in [-0.4, -0.2) is 22.8 Å². The Kier molecular flexibility index (Phi) is 6.47. The summed E-state index contributed by atoms with van der Waals surface area (Å²) in [5.41, 5.74) is 10.6. The first-order valence-corrected chi connectivity index (χ1v) is 8.06. The largest absolute Gasteiger partial charge is 0.352 e. The first kappa shape index (κ1) is 18.4. The molecule has 0 fully saturated rings. The van der Waals surface area contributed by atoms with E-state index in [9.17, 15) is 14.4 Å². The number of hydrogen-bond donors (Lipinski definition) is 4. The summed E-state index contributed by atoms with van der Waals surface area (Å²) in [6.07, 6.45) is 1.37. The molecule has 0 bridgehead atoms. The number of rotatable bonds is 5. The van der Waals surface area contributed by atoms with Crippen LogP contribution in [0, 0.1) is 0 Å². The Morgan fingerprint density at radius 3 is 2.40 bits per heavy atom. The molecule has 130 valence electrons.